The standard InChI is InChI=1S/C9H17FO3/c1-3-12-9(13-4-2)6-5-8(9,10)7-11/h11H,3-7H2,1-2H3. The number of alkyl halides is 1. The molecule has 0 saturated heterocycles. The summed E-state index contributed by atoms with van der Waals surface area (Å²) in [5, 5.41) is 8.90. The molecule has 1 unspecified atom stereocenters. The van der Waals surface area contributed by atoms with Gasteiger partial charge in [-0.3, -0.25) is 0 Å². The van der Waals surface area contributed by atoms with Crippen LogP contribution < -0.4 is 0 Å². The van der Waals surface area contributed by atoms with Gasteiger partial charge in [0.1, 0.15) is 0 Å². The van der Waals surface area contributed by atoms with Crippen molar-refractivity contribution in [2.45, 2.75) is 38.1 Å². The Morgan fingerprint density at radius 3 is 2.00 bits per heavy atom. The Balaban J connectivity index is 2.67. The van der Waals surface area contributed by atoms with Crippen molar-refractivity contribution in [1.82, 2.24) is 0 Å². The maximum Gasteiger partial charge on any atom is 0.205 e. The Labute approximate surface area is 77.8 Å². The molecule has 0 aromatic carbocycles. The first kappa shape index (κ1) is 10.9. The van der Waals surface area contributed by atoms with E-state index in [4.69, 9.17) is 14.6 Å². The van der Waals surface area contributed by atoms with Gasteiger partial charge in [0.15, 0.2) is 5.67 Å². The number of aliphatic hydroxyl groups is 1. The molecule has 13 heavy (non-hydrogen) atoms. The van der Waals surface area contributed by atoms with Gasteiger partial charge in [0.25, 0.3) is 0 Å². The summed E-state index contributed by atoms with van der Waals surface area (Å²) >= 11 is 0. The van der Waals surface area contributed by atoms with Crippen LogP contribution in [0.1, 0.15) is 26.7 Å². The van der Waals surface area contributed by atoms with E-state index in [9.17, 15) is 4.39 Å². The van der Waals surface area contributed by atoms with Crippen LogP contribution in [-0.2, 0) is 9.47 Å². The second-order valence-electron chi connectivity index (χ2n) is 3.24. The molecule has 0 radical (unpaired) electrons. The highest BCUT2D eigenvalue weighted by molar-refractivity contribution is 5.05. The van der Waals surface area contributed by atoms with E-state index in [0.717, 1.165) is 0 Å². The molecule has 1 aliphatic carbocycles. The molecule has 1 rings (SSSR count). The summed E-state index contributed by atoms with van der Waals surface area (Å²) in [6.07, 6.45) is 0.829. The minimum atomic E-state index is -1.71. The van der Waals surface area contributed by atoms with Gasteiger partial charge in [0.2, 0.25) is 5.79 Å². The molecule has 1 saturated carbocycles. The molecule has 0 spiro atoms. The number of hydrogen-bond donors (Lipinski definition) is 1. The van der Waals surface area contributed by atoms with E-state index in [-0.39, 0.29) is 0 Å². The molecule has 1 aliphatic rings. The lowest BCUT2D eigenvalue weighted by atomic mass is 9.75. The fourth-order valence-electron chi connectivity index (χ4n) is 1.71. The normalized spacial score (nSPS) is 31.4. The van der Waals surface area contributed by atoms with Gasteiger partial charge in [0.05, 0.1) is 6.61 Å². The predicted molar refractivity (Wildman–Crippen MR) is 46.1 cm³/mol. The lowest BCUT2D eigenvalue weighted by Gasteiger charge is -2.51. The topological polar surface area (TPSA) is 38.7 Å². The summed E-state index contributed by atoms with van der Waals surface area (Å²) in [6.45, 7) is 3.83. The molecule has 78 valence electrons. The number of rotatable bonds is 5. The second-order valence-corrected chi connectivity index (χ2v) is 3.24. The van der Waals surface area contributed by atoms with E-state index in [1.165, 1.54) is 0 Å². The van der Waals surface area contributed by atoms with E-state index < -0.39 is 18.1 Å². The third-order valence-corrected chi connectivity index (χ3v) is 2.54. The Kier molecular flexibility index (Phi) is 3.27. The van der Waals surface area contributed by atoms with Gasteiger partial charge in [-0.25, -0.2) is 4.39 Å². The Hall–Kier alpha value is -0.190. The smallest absolute Gasteiger partial charge is 0.205 e. The van der Waals surface area contributed by atoms with Crippen molar-refractivity contribution in [3.05, 3.63) is 0 Å². The molecule has 1 N–H and O–H groups in total. The van der Waals surface area contributed by atoms with Gasteiger partial charge in [-0.15, -0.1) is 0 Å². The largest absolute Gasteiger partial charge is 0.393 e. The van der Waals surface area contributed by atoms with Gasteiger partial charge in [0, 0.05) is 19.6 Å². The summed E-state index contributed by atoms with van der Waals surface area (Å²) < 4.78 is 24.3. The molecule has 0 aromatic rings. The van der Waals surface area contributed by atoms with E-state index in [1.54, 1.807) is 13.8 Å². The molecular weight excluding hydrogens is 175 g/mol. The van der Waals surface area contributed by atoms with Gasteiger partial charge in [-0.1, -0.05) is 0 Å². The Bertz CT molecular complexity index is 164. The third kappa shape index (κ3) is 1.58. The minimum Gasteiger partial charge on any atom is -0.393 e. The van der Waals surface area contributed by atoms with Crippen molar-refractivity contribution in [2.24, 2.45) is 0 Å². The zero-order valence-electron chi connectivity index (χ0n) is 8.18. The van der Waals surface area contributed by atoms with Gasteiger partial charge < -0.3 is 14.6 Å². The van der Waals surface area contributed by atoms with Crippen LogP contribution in [0.5, 0.6) is 0 Å². The van der Waals surface area contributed by atoms with E-state index >= 15 is 0 Å². The van der Waals surface area contributed by atoms with Crippen LogP contribution in [0.4, 0.5) is 4.39 Å². The van der Waals surface area contributed by atoms with Crippen LogP contribution in [-0.4, -0.2) is 36.4 Å². The highest BCUT2D eigenvalue weighted by Crippen LogP contribution is 2.48. The highest BCUT2D eigenvalue weighted by atomic mass is 19.1. The molecule has 0 heterocycles. The number of aliphatic hydroxyl groups excluding tert-OH is 1. The number of ether oxygens (including phenoxy) is 2. The van der Waals surface area contributed by atoms with Crippen LogP contribution in [0.25, 0.3) is 0 Å². The average Bonchev–Trinajstić information content (AvgIpc) is 2.14. The summed E-state index contributed by atoms with van der Waals surface area (Å²) in [6, 6.07) is 0. The van der Waals surface area contributed by atoms with E-state index in [0.29, 0.717) is 26.1 Å². The fourth-order valence-corrected chi connectivity index (χ4v) is 1.71. The number of halogens is 1. The van der Waals surface area contributed by atoms with Crippen LogP contribution in [0.2, 0.25) is 0 Å². The van der Waals surface area contributed by atoms with E-state index in [1.807, 2.05) is 0 Å². The van der Waals surface area contributed by atoms with Gasteiger partial charge >= 0.3 is 0 Å². The van der Waals surface area contributed by atoms with Crippen LogP contribution in [0.3, 0.4) is 0 Å². The molecule has 0 bridgehead atoms. The summed E-state index contributed by atoms with van der Waals surface area (Å²) in [5.74, 6) is -1.19. The van der Waals surface area contributed by atoms with Crippen molar-refractivity contribution in [3.8, 4) is 0 Å². The Morgan fingerprint density at radius 2 is 1.77 bits per heavy atom. The predicted octanol–water partition coefficient (Wildman–Crippen LogP) is 1.25. The monoisotopic (exact) mass is 192 g/mol. The van der Waals surface area contributed by atoms with E-state index in [2.05, 4.69) is 0 Å². The van der Waals surface area contributed by atoms with Crippen molar-refractivity contribution in [2.75, 3.05) is 19.8 Å². The average molecular weight is 192 g/mol. The Morgan fingerprint density at radius 1 is 1.23 bits per heavy atom. The lowest BCUT2D eigenvalue weighted by Crippen LogP contribution is -2.65. The van der Waals surface area contributed by atoms with Crippen molar-refractivity contribution in [1.29, 1.82) is 0 Å². The maximum atomic E-state index is 13.8. The molecule has 0 amide bonds. The molecule has 0 aromatic heterocycles. The molecule has 1 fully saturated rings. The van der Waals surface area contributed by atoms with Gasteiger partial charge in [-0.2, -0.15) is 0 Å². The zero-order valence-corrected chi connectivity index (χ0v) is 8.18. The molecule has 4 heteroatoms. The SMILES string of the molecule is CCOC1(OCC)CCC1(F)CO. The van der Waals surface area contributed by atoms with Crippen molar-refractivity contribution >= 4 is 0 Å². The molecular formula is C9H17FO3. The van der Waals surface area contributed by atoms with Crippen molar-refractivity contribution < 1.29 is 19.0 Å². The second kappa shape index (κ2) is 3.90. The van der Waals surface area contributed by atoms with Crippen LogP contribution in [0.15, 0.2) is 0 Å². The first-order valence-electron chi connectivity index (χ1n) is 4.72. The summed E-state index contributed by atoms with van der Waals surface area (Å²) in [5.41, 5.74) is -1.71. The minimum absolute atomic E-state index is 0.309. The summed E-state index contributed by atoms with van der Waals surface area (Å²) in [7, 11) is 0. The fraction of sp³-hybridized carbons (Fsp3) is 1.00. The lowest BCUT2D eigenvalue weighted by molar-refractivity contribution is -0.354. The van der Waals surface area contributed by atoms with Gasteiger partial charge in [-0.05, 0) is 20.3 Å². The highest BCUT2D eigenvalue weighted by Gasteiger charge is 2.62. The van der Waals surface area contributed by atoms with Crippen LogP contribution in [0, 0.1) is 0 Å². The molecule has 0 aliphatic heterocycles. The summed E-state index contributed by atoms with van der Waals surface area (Å²) in [4.78, 5) is 0. The van der Waals surface area contributed by atoms with Crippen LogP contribution >= 0.6 is 0 Å². The molecule has 3 nitrogen and oxygen atoms in total. The number of hydrogen-bond acceptors (Lipinski definition) is 3. The maximum absolute atomic E-state index is 13.8. The first-order chi connectivity index (χ1) is 6.14. The quantitative estimate of drug-likeness (QED) is 0.666. The van der Waals surface area contributed by atoms with Crippen molar-refractivity contribution in [3.63, 3.8) is 0 Å². The third-order valence-electron chi connectivity index (χ3n) is 2.54. The zero-order chi connectivity index (χ0) is 9.95. The first-order valence-corrected chi connectivity index (χ1v) is 4.72. The molecule has 1 atom stereocenters.